The number of sulfonamides is 1. The predicted molar refractivity (Wildman–Crippen MR) is 120 cm³/mol. The summed E-state index contributed by atoms with van der Waals surface area (Å²) < 4.78 is 27.6. The summed E-state index contributed by atoms with van der Waals surface area (Å²) in [4.78, 5) is 24.4. The van der Waals surface area contributed by atoms with E-state index in [0.717, 1.165) is 6.07 Å². The van der Waals surface area contributed by atoms with Crippen molar-refractivity contribution in [3.63, 3.8) is 0 Å². The van der Waals surface area contributed by atoms with Crippen molar-refractivity contribution in [1.82, 2.24) is 5.32 Å². The van der Waals surface area contributed by atoms with E-state index in [1.54, 1.807) is 29.6 Å². The van der Waals surface area contributed by atoms with E-state index in [9.17, 15) is 23.1 Å². The van der Waals surface area contributed by atoms with Crippen molar-refractivity contribution in [1.29, 1.82) is 0 Å². The van der Waals surface area contributed by atoms with Crippen LogP contribution in [0.5, 0.6) is 5.75 Å². The Morgan fingerprint density at radius 1 is 1.06 bits per heavy atom. The summed E-state index contributed by atoms with van der Waals surface area (Å²) in [6, 6.07) is 13.1. The first-order valence-electron chi connectivity index (χ1n) is 8.97. The highest BCUT2D eigenvalue weighted by atomic mass is 35.5. The van der Waals surface area contributed by atoms with Crippen LogP contribution in [-0.2, 0) is 14.8 Å². The molecular weight excluding hydrogens is 462 g/mol. The number of nitrogens with one attached hydrogen (secondary N) is 3. The van der Waals surface area contributed by atoms with Crippen LogP contribution in [0.25, 0.3) is 0 Å². The number of phenolic OH excluding ortho intramolecular Hbond substituents is 1. The van der Waals surface area contributed by atoms with Crippen molar-refractivity contribution < 1.29 is 23.1 Å². The molecule has 31 heavy (non-hydrogen) atoms. The molecule has 0 radical (unpaired) electrons. The first-order valence-corrected chi connectivity index (χ1v) is 11.7. The van der Waals surface area contributed by atoms with Gasteiger partial charge in [-0.2, -0.15) is 0 Å². The Kier molecular flexibility index (Phi) is 7.16. The zero-order chi connectivity index (χ0) is 22.4. The molecule has 0 aliphatic heterocycles. The molecule has 0 bridgehead atoms. The Labute approximate surface area is 187 Å². The SMILES string of the molecule is O=C(CCNC(=O)c1cccs1)Nc1cc(S(=O)(=O)Nc2cccc(Cl)c2)ccc1O. The molecule has 0 aliphatic carbocycles. The number of rotatable bonds is 8. The van der Waals surface area contributed by atoms with Crippen LogP contribution in [0, 0.1) is 0 Å². The Hall–Kier alpha value is -3.08. The highest BCUT2D eigenvalue weighted by molar-refractivity contribution is 7.92. The molecule has 0 saturated carbocycles. The summed E-state index contributed by atoms with van der Waals surface area (Å²) in [5.74, 6) is -1.08. The van der Waals surface area contributed by atoms with E-state index in [1.165, 1.54) is 35.6 Å². The first-order chi connectivity index (χ1) is 14.7. The van der Waals surface area contributed by atoms with Gasteiger partial charge in [0.1, 0.15) is 5.75 Å². The Morgan fingerprint density at radius 2 is 1.87 bits per heavy atom. The van der Waals surface area contributed by atoms with Crippen LogP contribution in [0.3, 0.4) is 0 Å². The first kappa shape index (κ1) is 22.6. The lowest BCUT2D eigenvalue weighted by Gasteiger charge is -2.12. The smallest absolute Gasteiger partial charge is 0.261 e. The predicted octanol–water partition coefficient (Wildman–Crippen LogP) is 3.67. The number of benzene rings is 2. The number of anilines is 2. The van der Waals surface area contributed by atoms with Gasteiger partial charge in [-0.05, 0) is 47.8 Å². The van der Waals surface area contributed by atoms with Crippen LogP contribution in [0.1, 0.15) is 16.1 Å². The largest absolute Gasteiger partial charge is 0.506 e. The van der Waals surface area contributed by atoms with E-state index in [4.69, 9.17) is 11.6 Å². The van der Waals surface area contributed by atoms with Crippen molar-refractivity contribution in [2.24, 2.45) is 0 Å². The molecule has 162 valence electrons. The van der Waals surface area contributed by atoms with Crippen molar-refractivity contribution in [2.75, 3.05) is 16.6 Å². The molecule has 8 nitrogen and oxygen atoms in total. The fourth-order valence-electron chi connectivity index (χ4n) is 2.55. The average Bonchev–Trinajstić information content (AvgIpc) is 3.24. The van der Waals surface area contributed by atoms with E-state index in [1.807, 2.05) is 0 Å². The molecule has 1 aromatic heterocycles. The van der Waals surface area contributed by atoms with Gasteiger partial charge in [0.25, 0.3) is 15.9 Å². The van der Waals surface area contributed by atoms with Crippen LogP contribution in [0.2, 0.25) is 5.02 Å². The topological polar surface area (TPSA) is 125 Å². The van der Waals surface area contributed by atoms with Crippen LogP contribution < -0.4 is 15.4 Å². The minimum atomic E-state index is -3.99. The molecule has 3 aromatic rings. The zero-order valence-corrected chi connectivity index (χ0v) is 18.4. The van der Waals surface area contributed by atoms with E-state index < -0.39 is 15.9 Å². The molecule has 2 aromatic carbocycles. The summed E-state index contributed by atoms with van der Waals surface area (Å²) in [6.45, 7) is 0.0810. The van der Waals surface area contributed by atoms with Crippen LogP contribution >= 0.6 is 22.9 Å². The van der Waals surface area contributed by atoms with Crippen LogP contribution in [0.15, 0.2) is 64.9 Å². The van der Waals surface area contributed by atoms with Crippen LogP contribution in [0.4, 0.5) is 11.4 Å². The van der Waals surface area contributed by atoms with Gasteiger partial charge in [0, 0.05) is 18.0 Å². The number of aromatic hydroxyl groups is 1. The third kappa shape index (κ3) is 6.20. The summed E-state index contributed by atoms with van der Waals surface area (Å²) in [6.07, 6.45) is -0.0612. The number of thiophene rings is 1. The Bertz CT molecular complexity index is 1200. The Balaban J connectivity index is 1.63. The summed E-state index contributed by atoms with van der Waals surface area (Å²) in [5.41, 5.74) is 0.205. The highest BCUT2D eigenvalue weighted by Gasteiger charge is 2.18. The normalized spacial score (nSPS) is 11.0. The number of phenols is 1. The van der Waals surface area contributed by atoms with Crippen molar-refractivity contribution in [3.05, 3.63) is 69.9 Å². The Morgan fingerprint density at radius 3 is 2.58 bits per heavy atom. The van der Waals surface area contributed by atoms with Crippen molar-refractivity contribution >= 4 is 56.2 Å². The maximum absolute atomic E-state index is 12.6. The van der Waals surface area contributed by atoms with Crippen LogP contribution in [-0.4, -0.2) is 31.9 Å². The molecule has 1 heterocycles. The lowest BCUT2D eigenvalue weighted by atomic mass is 10.2. The molecule has 0 fully saturated rings. The maximum Gasteiger partial charge on any atom is 0.261 e. The lowest BCUT2D eigenvalue weighted by Crippen LogP contribution is -2.27. The second-order valence-electron chi connectivity index (χ2n) is 6.33. The lowest BCUT2D eigenvalue weighted by molar-refractivity contribution is -0.116. The van der Waals surface area contributed by atoms with Gasteiger partial charge in [-0.1, -0.05) is 23.7 Å². The molecule has 0 spiro atoms. The van der Waals surface area contributed by atoms with Gasteiger partial charge >= 0.3 is 0 Å². The van der Waals surface area contributed by atoms with Gasteiger partial charge in [0.15, 0.2) is 0 Å². The van der Waals surface area contributed by atoms with Crippen molar-refractivity contribution in [3.8, 4) is 5.75 Å². The van der Waals surface area contributed by atoms with Gasteiger partial charge in [0.05, 0.1) is 21.1 Å². The molecule has 4 N–H and O–H groups in total. The maximum atomic E-state index is 12.6. The third-order valence-corrected chi connectivity index (χ3v) is 6.49. The standard InChI is InChI=1S/C20H18ClN3O5S2/c21-13-3-1-4-14(11-13)24-31(28,29)15-6-7-17(25)16(12-15)23-19(26)8-9-22-20(27)18-5-2-10-30-18/h1-7,10-12,24-25H,8-9H2,(H,22,27)(H,23,26). The van der Waals surface area contributed by atoms with Gasteiger partial charge < -0.3 is 15.7 Å². The van der Waals surface area contributed by atoms with Gasteiger partial charge in [-0.3, -0.25) is 14.3 Å². The number of hydrogen-bond acceptors (Lipinski definition) is 6. The van der Waals surface area contributed by atoms with Gasteiger partial charge in [-0.15, -0.1) is 11.3 Å². The minimum absolute atomic E-state index is 0.0612. The second-order valence-corrected chi connectivity index (χ2v) is 9.39. The molecule has 2 amide bonds. The number of amides is 2. The molecule has 0 saturated heterocycles. The molecular formula is C20H18ClN3O5S2. The molecule has 0 atom stereocenters. The highest BCUT2D eigenvalue weighted by Crippen LogP contribution is 2.28. The minimum Gasteiger partial charge on any atom is -0.506 e. The molecule has 0 aliphatic rings. The molecule has 3 rings (SSSR count). The van der Waals surface area contributed by atoms with E-state index in [0.29, 0.717) is 9.90 Å². The second kappa shape index (κ2) is 9.82. The number of carbonyl (C=O) groups is 2. The number of carbonyl (C=O) groups excluding carboxylic acids is 2. The van der Waals surface area contributed by atoms with E-state index >= 15 is 0 Å². The van der Waals surface area contributed by atoms with Gasteiger partial charge in [-0.25, -0.2) is 8.42 Å². The van der Waals surface area contributed by atoms with E-state index in [-0.39, 0.29) is 40.9 Å². The summed E-state index contributed by atoms with van der Waals surface area (Å²) in [5, 5.41) is 17.2. The number of halogens is 1. The average molecular weight is 480 g/mol. The molecule has 11 heteroatoms. The quantitative estimate of drug-likeness (QED) is 0.367. The number of hydrogen-bond donors (Lipinski definition) is 4. The zero-order valence-electron chi connectivity index (χ0n) is 16.0. The monoisotopic (exact) mass is 479 g/mol. The van der Waals surface area contributed by atoms with E-state index in [2.05, 4.69) is 15.4 Å². The summed E-state index contributed by atoms with van der Waals surface area (Å²) in [7, 11) is -3.99. The third-order valence-electron chi connectivity index (χ3n) is 4.01. The van der Waals surface area contributed by atoms with Gasteiger partial charge in [0.2, 0.25) is 5.91 Å². The van der Waals surface area contributed by atoms with Crippen molar-refractivity contribution in [2.45, 2.75) is 11.3 Å². The summed E-state index contributed by atoms with van der Waals surface area (Å²) >= 11 is 7.16. The fourth-order valence-corrected chi connectivity index (χ4v) is 4.45. The fraction of sp³-hybridized carbons (Fsp3) is 0.100. The molecule has 0 unspecified atom stereocenters.